The number of nitrogens with one attached hydrogen (secondary N) is 1. The van der Waals surface area contributed by atoms with Crippen LogP contribution in [0.5, 0.6) is 0 Å². The second-order valence-electron chi connectivity index (χ2n) is 5.12. The Morgan fingerprint density at radius 1 is 1.26 bits per heavy atom. The largest absolute Gasteiger partial charge is 0.460 e. The van der Waals surface area contributed by atoms with Gasteiger partial charge < -0.3 is 9.73 Å². The molecule has 0 amide bonds. The summed E-state index contributed by atoms with van der Waals surface area (Å²) in [6.07, 6.45) is 1.81. The summed E-state index contributed by atoms with van der Waals surface area (Å²) in [7, 11) is 1.95. The Balaban J connectivity index is 2.32. The van der Waals surface area contributed by atoms with Crippen molar-refractivity contribution in [3.05, 3.63) is 36.0 Å². The third-order valence-corrected chi connectivity index (χ3v) is 3.23. The molecule has 0 aliphatic heterocycles. The average Bonchev–Trinajstić information content (AvgIpc) is 2.82. The van der Waals surface area contributed by atoms with Gasteiger partial charge in [0.05, 0.1) is 0 Å². The van der Waals surface area contributed by atoms with Gasteiger partial charge in [-0.2, -0.15) is 0 Å². The third kappa shape index (κ3) is 3.20. The number of rotatable bonds is 5. The van der Waals surface area contributed by atoms with E-state index in [2.05, 4.69) is 29.1 Å². The SMILES string of the molecule is CNCC(c1nccc(-c2ccc(C)o2)n1)C(C)C. The van der Waals surface area contributed by atoms with Crippen molar-refractivity contribution in [1.82, 2.24) is 15.3 Å². The summed E-state index contributed by atoms with van der Waals surface area (Å²) in [6, 6.07) is 5.78. The van der Waals surface area contributed by atoms with Crippen LogP contribution in [0.2, 0.25) is 0 Å². The van der Waals surface area contributed by atoms with Gasteiger partial charge in [-0.15, -0.1) is 0 Å². The minimum Gasteiger partial charge on any atom is -0.460 e. The lowest BCUT2D eigenvalue weighted by Crippen LogP contribution is -2.23. The van der Waals surface area contributed by atoms with Crippen LogP contribution in [0.4, 0.5) is 0 Å². The normalized spacial score (nSPS) is 12.9. The first kappa shape index (κ1) is 13.7. The first-order valence-corrected chi connectivity index (χ1v) is 6.66. The van der Waals surface area contributed by atoms with E-state index in [-0.39, 0.29) is 0 Å². The molecule has 0 aliphatic carbocycles. The van der Waals surface area contributed by atoms with E-state index < -0.39 is 0 Å². The lowest BCUT2D eigenvalue weighted by atomic mass is 9.95. The first-order chi connectivity index (χ1) is 9.11. The van der Waals surface area contributed by atoms with E-state index >= 15 is 0 Å². The molecule has 0 bridgehead atoms. The molecule has 0 aromatic carbocycles. The summed E-state index contributed by atoms with van der Waals surface area (Å²) in [5.41, 5.74) is 0.847. The van der Waals surface area contributed by atoms with E-state index in [9.17, 15) is 0 Å². The van der Waals surface area contributed by atoms with Crippen molar-refractivity contribution >= 4 is 0 Å². The van der Waals surface area contributed by atoms with Crippen molar-refractivity contribution in [2.45, 2.75) is 26.7 Å². The van der Waals surface area contributed by atoms with Gasteiger partial charge in [-0.1, -0.05) is 13.8 Å². The molecule has 2 aromatic heterocycles. The lowest BCUT2D eigenvalue weighted by Gasteiger charge is -2.19. The Labute approximate surface area is 114 Å². The van der Waals surface area contributed by atoms with E-state index in [0.717, 1.165) is 29.6 Å². The van der Waals surface area contributed by atoms with Crippen molar-refractivity contribution in [2.24, 2.45) is 5.92 Å². The van der Waals surface area contributed by atoms with Crippen molar-refractivity contribution in [2.75, 3.05) is 13.6 Å². The molecule has 0 saturated carbocycles. The molecule has 19 heavy (non-hydrogen) atoms. The Kier molecular flexibility index (Phi) is 4.32. The second kappa shape index (κ2) is 5.97. The molecule has 2 heterocycles. The minimum absolute atomic E-state index is 0.306. The number of nitrogens with zero attached hydrogens (tertiary/aromatic N) is 2. The molecular weight excluding hydrogens is 238 g/mol. The molecule has 0 fully saturated rings. The Bertz CT molecular complexity index is 534. The van der Waals surface area contributed by atoms with Crippen LogP contribution in [0.1, 0.15) is 31.4 Å². The molecule has 4 nitrogen and oxygen atoms in total. The molecule has 0 saturated heterocycles. The zero-order chi connectivity index (χ0) is 13.8. The Morgan fingerprint density at radius 3 is 2.63 bits per heavy atom. The Morgan fingerprint density at radius 2 is 2.05 bits per heavy atom. The predicted octanol–water partition coefficient (Wildman–Crippen LogP) is 3.00. The monoisotopic (exact) mass is 259 g/mol. The van der Waals surface area contributed by atoms with Crippen LogP contribution in [0.3, 0.4) is 0 Å². The summed E-state index contributed by atoms with van der Waals surface area (Å²) in [5.74, 6) is 3.36. The number of likely N-dealkylation sites (N-methyl/N-ethyl adjacent to an activating group) is 1. The van der Waals surface area contributed by atoms with Crippen LogP contribution in [0.25, 0.3) is 11.5 Å². The van der Waals surface area contributed by atoms with Gasteiger partial charge in [-0.3, -0.25) is 0 Å². The van der Waals surface area contributed by atoms with Gasteiger partial charge in [0.25, 0.3) is 0 Å². The number of aromatic nitrogens is 2. The van der Waals surface area contributed by atoms with Crippen LogP contribution in [-0.2, 0) is 0 Å². The maximum Gasteiger partial charge on any atom is 0.152 e. The summed E-state index contributed by atoms with van der Waals surface area (Å²) >= 11 is 0. The van der Waals surface area contributed by atoms with Crippen molar-refractivity contribution in [3.63, 3.8) is 0 Å². The minimum atomic E-state index is 0.306. The highest BCUT2D eigenvalue weighted by Gasteiger charge is 2.19. The topological polar surface area (TPSA) is 51.0 Å². The van der Waals surface area contributed by atoms with Crippen LogP contribution >= 0.6 is 0 Å². The second-order valence-corrected chi connectivity index (χ2v) is 5.12. The number of hydrogen-bond acceptors (Lipinski definition) is 4. The highest BCUT2D eigenvalue weighted by Crippen LogP contribution is 2.24. The van der Waals surface area contributed by atoms with Crippen LogP contribution in [0.15, 0.2) is 28.8 Å². The highest BCUT2D eigenvalue weighted by molar-refractivity contribution is 5.51. The fraction of sp³-hybridized carbons (Fsp3) is 0.467. The van der Waals surface area contributed by atoms with Gasteiger partial charge >= 0.3 is 0 Å². The number of hydrogen-bond donors (Lipinski definition) is 1. The van der Waals surface area contributed by atoms with Gasteiger partial charge in [0.2, 0.25) is 0 Å². The summed E-state index contributed by atoms with van der Waals surface area (Å²) in [5, 5.41) is 3.21. The fourth-order valence-corrected chi connectivity index (χ4v) is 2.11. The molecular formula is C15H21N3O. The number of furan rings is 1. The average molecular weight is 259 g/mol. The molecule has 2 aromatic rings. The smallest absolute Gasteiger partial charge is 0.152 e. The number of aryl methyl sites for hydroxylation is 1. The van der Waals surface area contributed by atoms with Gasteiger partial charge in [0.1, 0.15) is 17.3 Å². The molecule has 0 spiro atoms. The maximum absolute atomic E-state index is 5.62. The standard InChI is InChI=1S/C15H21N3O/c1-10(2)12(9-16-4)15-17-8-7-13(18-15)14-6-5-11(3)19-14/h5-8,10,12,16H,9H2,1-4H3. The van der Waals surface area contributed by atoms with Gasteiger partial charge in [-0.25, -0.2) is 9.97 Å². The molecule has 1 unspecified atom stereocenters. The molecule has 4 heteroatoms. The van der Waals surface area contributed by atoms with Crippen molar-refractivity contribution < 1.29 is 4.42 Å². The first-order valence-electron chi connectivity index (χ1n) is 6.66. The van der Waals surface area contributed by atoms with E-state index in [0.29, 0.717) is 11.8 Å². The van der Waals surface area contributed by atoms with Crippen LogP contribution in [0, 0.1) is 12.8 Å². The lowest BCUT2D eigenvalue weighted by molar-refractivity contribution is 0.457. The summed E-state index contributed by atoms with van der Waals surface area (Å²) < 4.78 is 5.62. The van der Waals surface area contributed by atoms with E-state index in [1.54, 1.807) is 6.20 Å². The molecule has 102 valence electrons. The fourth-order valence-electron chi connectivity index (χ4n) is 2.11. The maximum atomic E-state index is 5.62. The van der Waals surface area contributed by atoms with Gasteiger partial charge in [0.15, 0.2) is 5.76 Å². The molecule has 0 radical (unpaired) electrons. The molecule has 1 atom stereocenters. The zero-order valence-electron chi connectivity index (χ0n) is 12.0. The van der Waals surface area contributed by atoms with Crippen LogP contribution < -0.4 is 5.32 Å². The highest BCUT2D eigenvalue weighted by atomic mass is 16.3. The molecule has 2 rings (SSSR count). The van der Waals surface area contributed by atoms with Crippen molar-refractivity contribution in [1.29, 1.82) is 0 Å². The molecule has 1 N–H and O–H groups in total. The van der Waals surface area contributed by atoms with Gasteiger partial charge in [-0.05, 0) is 38.1 Å². The van der Waals surface area contributed by atoms with Crippen molar-refractivity contribution in [3.8, 4) is 11.5 Å². The van der Waals surface area contributed by atoms with E-state index in [4.69, 9.17) is 4.42 Å². The Hall–Kier alpha value is -1.68. The zero-order valence-corrected chi connectivity index (χ0v) is 12.0. The van der Waals surface area contributed by atoms with E-state index in [1.165, 1.54) is 0 Å². The van der Waals surface area contributed by atoms with E-state index in [1.807, 2.05) is 32.2 Å². The third-order valence-electron chi connectivity index (χ3n) is 3.23. The predicted molar refractivity (Wildman–Crippen MR) is 76.0 cm³/mol. The summed E-state index contributed by atoms with van der Waals surface area (Å²) in [4.78, 5) is 9.07. The van der Waals surface area contributed by atoms with Crippen LogP contribution in [-0.4, -0.2) is 23.6 Å². The summed E-state index contributed by atoms with van der Waals surface area (Å²) in [6.45, 7) is 7.19. The van der Waals surface area contributed by atoms with Gasteiger partial charge in [0, 0.05) is 18.7 Å². The molecule has 0 aliphatic rings. The quantitative estimate of drug-likeness (QED) is 0.896.